The van der Waals surface area contributed by atoms with Crippen LogP contribution in [-0.2, 0) is 9.13 Å². The van der Waals surface area contributed by atoms with Crippen molar-refractivity contribution in [1.82, 2.24) is 0 Å². The highest BCUT2D eigenvalue weighted by Crippen LogP contribution is 2.36. The van der Waals surface area contributed by atoms with Gasteiger partial charge in [-0.25, -0.2) is 0 Å². The molecule has 0 heterocycles. The molecular formula is C10H22O4P2+2. The van der Waals surface area contributed by atoms with E-state index in [0.717, 1.165) is 12.8 Å². The van der Waals surface area contributed by atoms with Crippen LogP contribution in [0.5, 0.6) is 0 Å². The van der Waals surface area contributed by atoms with Crippen LogP contribution in [0.2, 0.25) is 0 Å². The fourth-order valence-electron chi connectivity index (χ4n) is 1.78. The van der Waals surface area contributed by atoms with Crippen molar-refractivity contribution in [3.63, 3.8) is 0 Å². The monoisotopic (exact) mass is 268 g/mol. The van der Waals surface area contributed by atoms with Crippen molar-refractivity contribution < 1.29 is 18.9 Å². The summed E-state index contributed by atoms with van der Waals surface area (Å²) in [6.45, 7) is 3.95. The standard InChI is InChI=1S/C10H20O4P2/c1-3-5-9(15(11)12)7-8-10(6-4-2)16(13)14/h9-10H,3-8H2,1-2H3/p+2. The fraction of sp³-hybridized carbons (Fsp3) is 1.00. The fourth-order valence-corrected chi connectivity index (χ4v) is 3.48. The molecule has 0 aliphatic heterocycles. The number of hydrogen-bond donors (Lipinski definition) is 2. The Morgan fingerprint density at radius 3 is 1.31 bits per heavy atom. The first-order valence-electron chi connectivity index (χ1n) is 5.83. The van der Waals surface area contributed by atoms with E-state index < -0.39 is 16.1 Å². The SMILES string of the molecule is CCCC(CCC(CCC)[P+](=O)O)[P+](=O)O. The highest BCUT2D eigenvalue weighted by Gasteiger charge is 2.33. The van der Waals surface area contributed by atoms with Crippen LogP contribution in [0, 0.1) is 0 Å². The minimum absolute atomic E-state index is 0.214. The predicted molar refractivity (Wildman–Crippen MR) is 66.3 cm³/mol. The molecule has 0 saturated carbocycles. The molecule has 0 aromatic heterocycles. The average Bonchev–Trinajstić information content (AvgIpc) is 2.21. The minimum atomic E-state index is -2.16. The van der Waals surface area contributed by atoms with Crippen molar-refractivity contribution >= 4 is 16.1 Å². The molecule has 0 bridgehead atoms. The minimum Gasteiger partial charge on any atom is -0.161 e. The van der Waals surface area contributed by atoms with Crippen molar-refractivity contribution in [3.8, 4) is 0 Å². The van der Waals surface area contributed by atoms with Crippen LogP contribution in [-0.4, -0.2) is 21.1 Å². The van der Waals surface area contributed by atoms with Crippen LogP contribution in [0.25, 0.3) is 0 Å². The van der Waals surface area contributed by atoms with E-state index in [0.29, 0.717) is 25.7 Å². The Labute approximate surface area is 99.2 Å². The van der Waals surface area contributed by atoms with Crippen molar-refractivity contribution in [1.29, 1.82) is 0 Å². The van der Waals surface area contributed by atoms with Gasteiger partial charge in [0.05, 0.1) is 0 Å². The van der Waals surface area contributed by atoms with E-state index in [1.54, 1.807) is 0 Å². The molecule has 0 radical (unpaired) electrons. The zero-order valence-electron chi connectivity index (χ0n) is 10.0. The number of hydrogen-bond acceptors (Lipinski definition) is 2. The second kappa shape index (κ2) is 9.18. The van der Waals surface area contributed by atoms with Gasteiger partial charge in [-0.2, -0.15) is 9.79 Å². The zero-order valence-corrected chi connectivity index (χ0v) is 11.8. The summed E-state index contributed by atoms with van der Waals surface area (Å²) in [4.78, 5) is 18.2. The van der Waals surface area contributed by atoms with Crippen LogP contribution >= 0.6 is 16.1 Å². The van der Waals surface area contributed by atoms with Gasteiger partial charge >= 0.3 is 16.1 Å². The molecule has 4 atom stereocenters. The second-order valence-electron chi connectivity index (χ2n) is 4.07. The van der Waals surface area contributed by atoms with E-state index in [9.17, 15) is 9.13 Å². The predicted octanol–water partition coefficient (Wildman–Crippen LogP) is 3.57. The maximum atomic E-state index is 11.0. The highest BCUT2D eigenvalue weighted by atomic mass is 31.1. The van der Waals surface area contributed by atoms with Gasteiger partial charge in [-0.05, 0) is 22.0 Å². The van der Waals surface area contributed by atoms with Crippen LogP contribution in [0.4, 0.5) is 0 Å². The summed E-state index contributed by atoms with van der Waals surface area (Å²) in [6, 6.07) is 0. The maximum Gasteiger partial charge on any atom is 0.508 e. The van der Waals surface area contributed by atoms with E-state index in [1.165, 1.54) is 0 Å². The molecule has 0 fully saturated rings. The van der Waals surface area contributed by atoms with Gasteiger partial charge in [0.15, 0.2) is 11.3 Å². The first-order valence-corrected chi connectivity index (χ1v) is 8.39. The van der Waals surface area contributed by atoms with Crippen molar-refractivity contribution in [3.05, 3.63) is 0 Å². The molecule has 16 heavy (non-hydrogen) atoms. The van der Waals surface area contributed by atoms with Crippen molar-refractivity contribution in [2.45, 2.75) is 63.7 Å². The van der Waals surface area contributed by atoms with Gasteiger partial charge in [0, 0.05) is 12.8 Å². The zero-order chi connectivity index (χ0) is 12.6. The Balaban J connectivity index is 4.14. The molecule has 0 aromatic carbocycles. The first-order chi connectivity index (χ1) is 7.52. The Morgan fingerprint density at radius 1 is 0.812 bits per heavy atom. The average molecular weight is 268 g/mol. The lowest BCUT2D eigenvalue weighted by Crippen LogP contribution is -2.08. The molecule has 2 N–H and O–H groups in total. The summed E-state index contributed by atoms with van der Waals surface area (Å²) in [7, 11) is -4.31. The maximum absolute atomic E-state index is 11.0. The molecule has 0 aliphatic rings. The van der Waals surface area contributed by atoms with E-state index >= 15 is 0 Å². The van der Waals surface area contributed by atoms with E-state index in [4.69, 9.17) is 9.79 Å². The van der Waals surface area contributed by atoms with Crippen molar-refractivity contribution in [2.75, 3.05) is 0 Å². The molecule has 0 rings (SSSR count). The van der Waals surface area contributed by atoms with Gasteiger partial charge in [0.1, 0.15) is 0 Å². The molecule has 6 heteroatoms. The van der Waals surface area contributed by atoms with Gasteiger partial charge in [0.2, 0.25) is 0 Å². The molecule has 0 aliphatic carbocycles. The molecule has 0 spiro atoms. The molecule has 0 saturated heterocycles. The number of rotatable bonds is 9. The molecule has 94 valence electrons. The lowest BCUT2D eigenvalue weighted by Gasteiger charge is -2.05. The van der Waals surface area contributed by atoms with Crippen LogP contribution in [0.3, 0.4) is 0 Å². The Kier molecular flexibility index (Phi) is 9.25. The van der Waals surface area contributed by atoms with Gasteiger partial charge < -0.3 is 0 Å². The third-order valence-corrected chi connectivity index (χ3v) is 4.98. The molecule has 4 nitrogen and oxygen atoms in total. The quantitative estimate of drug-likeness (QED) is 0.627. The normalized spacial score (nSPS) is 16.8. The third-order valence-electron chi connectivity index (χ3n) is 2.70. The van der Waals surface area contributed by atoms with E-state index in [2.05, 4.69) is 0 Å². The lowest BCUT2D eigenvalue weighted by atomic mass is 10.1. The summed E-state index contributed by atoms with van der Waals surface area (Å²) >= 11 is 0. The largest absolute Gasteiger partial charge is 0.508 e. The summed E-state index contributed by atoms with van der Waals surface area (Å²) < 4.78 is 22.1. The molecule has 0 aromatic rings. The summed E-state index contributed by atoms with van der Waals surface area (Å²) in [5, 5.41) is 0. The third kappa shape index (κ3) is 6.65. The second-order valence-corrected chi connectivity index (χ2v) is 6.74. The highest BCUT2D eigenvalue weighted by molar-refractivity contribution is 7.39. The molecular weight excluding hydrogens is 246 g/mol. The Hall–Kier alpha value is 0.120. The van der Waals surface area contributed by atoms with Crippen molar-refractivity contribution in [2.24, 2.45) is 0 Å². The Morgan fingerprint density at radius 2 is 1.12 bits per heavy atom. The summed E-state index contributed by atoms with van der Waals surface area (Å²) in [5.41, 5.74) is -0.427. The van der Waals surface area contributed by atoms with Crippen LogP contribution in [0.15, 0.2) is 0 Å². The van der Waals surface area contributed by atoms with Gasteiger partial charge in [0.25, 0.3) is 0 Å². The smallest absolute Gasteiger partial charge is 0.161 e. The van der Waals surface area contributed by atoms with E-state index in [-0.39, 0.29) is 11.3 Å². The lowest BCUT2D eigenvalue weighted by molar-refractivity contribution is 0.453. The van der Waals surface area contributed by atoms with Crippen LogP contribution in [0.1, 0.15) is 52.4 Å². The first kappa shape index (κ1) is 16.1. The van der Waals surface area contributed by atoms with Gasteiger partial charge in [-0.1, -0.05) is 26.7 Å². The summed E-state index contributed by atoms with van der Waals surface area (Å²) in [6.07, 6.45) is 4.32. The Bertz CT molecular complexity index is 209. The van der Waals surface area contributed by atoms with Gasteiger partial charge in [-0.15, -0.1) is 0 Å². The van der Waals surface area contributed by atoms with Crippen LogP contribution < -0.4 is 0 Å². The van der Waals surface area contributed by atoms with Gasteiger partial charge in [-0.3, -0.25) is 0 Å². The molecule has 4 unspecified atom stereocenters. The topological polar surface area (TPSA) is 74.6 Å². The summed E-state index contributed by atoms with van der Waals surface area (Å²) in [5.74, 6) is 0. The molecule has 0 amide bonds. The van der Waals surface area contributed by atoms with E-state index in [1.807, 2.05) is 13.8 Å².